The highest BCUT2D eigenvalue weighted by Gasteiger charge is 2.18. The van der Waals surface area contributed by atoms with Gasteiger partial charge < -0.3 is 10.2 Å². The van der Waals surface area contributed by atoms with Crippen molar-refractivity contribution in [2.24, 2.45) is 0 Å². The van der Waals surface area contributed by atoms with Crippen LogP contribution in [0.5, 0.6) is 0 Å². The molecule has 2 aromatic carbocycles. The van der Waals surface area contributed by atoms with Crippen LogP contribution in [-0.2, 0) is 4.79 Å². The maximum absolute atomic E-state index is 12.7. The van der Waals surface area contributed by atoms with E-state index in [1.54, 1.807) is 11.3 Å². The normalized spacial score (nSPS) is 11.8. The number of aromatic nitrogens is 1. The van der Waals surface area contributed by atoms with Gasteiger partial charge in [0.05, 0.1) is 11.6 Å². The summed E-state index contributed by atoms with van der Waals surface area (Å²) >= 11 is 1.67. The van der Waals surface area contributed by atoms with Crippen LogP contribution in [-0.4, -0.2) is 24.0 Å². The molecule has 0 aliphatic rings. The van der Waals surface area contributed by atoms with Crippen molar-refractivity contribution in [2.45, 2.75) is 33.1 Å². The Morgan fingerprint density at radius 3 is 2.32 bits per heavy atom. The van der Waals surface area contributed by atoms with Gasteiger partial charge in [-0.05, 0) is 38.0 Å². The number of benzene rings is 2. The molecule has 0 radical (unpaired) electrons. The lowest BCUT2D eigenvalue weighted by Gasteiger charge is -2.16. The number of nitrogens with one attached hydrogen (secondary N) is 1. The zero-order valence-corrected chi connectivity index (χ0v) is 17.5. The van der Waals surface area contributed by atoms with Gasteiger partial charge in [-0.2, -0.15) is 0 Å². The molecule has 3 aromatic rings. The van der Waals surface area contributed by atoms with Crippen LogP contribution in [0, 0.1) is 0 Å². The molecule has 1 N–H and O–H groups in total. The summed E-state index contributed by atoms with van der Waals surface area (Å²) in [6.45, 7) is 8.22. The Kier molecular flexibility index (Phi) is 6.82. The van der Waals surface area contributed by atoms with E-state index in [4.69, 9.17) is 4.98 Å². The third-order valence-electron chi connectivity index (χ3n) is 4.90. The van der Waals surface area contributed by atoms with Crippen molar-refractivity contribution in [1.29, 1.82) is 0 Å². The summed E-state index contributed by atoms with van der Waals surface area (Å²) in [7, 11) is 0. The van der Waals surface area contributed by atoms with Crippen LogP contribution in [0.3, 0.4) is 0 Å². The molecule has 0 aliphatic carbocycles. The second-order valence-corrected chi connectivity index (χ2v) is 7.46. The van der Waals surface area contributed by atoms with Crippen molar-refractivity contribution in [1.82, 2.24) is 4.98 Å². The van der Waals surface area contributed by atoms with Gasteiger partial charge in [0, 0.05) is 29.7 Å². The average molecular weight is 394 g/mol. The first kappa shape index (κ1) is 20.1. The van der Waals surface area contributed by atoms with Gasteiger partial charge in [-0.3, -0.25) is 4.79 Å². The van der Waals surface area contributed by atoms with Crippen LogP contribution in [0.2, 0.25) is 0 Å². The lowest BCUT2D eigenvalue weighted by molar-refractivity contribution is -0.117. The standard InChI is InChI=1S/C23H27N3OS/c1-4-20(17-10-8-7-9-11-17)22(27)24-19-14-12-18(13-15-19)21-16-28-23(25-21)26(5-2)6-3/h7-16,20H,4-6H2,1-3H3,(H,24,27)/t20-/m1/s1. The van der Waals surface area contributed by atoms with Crippen molar-refractivity contribution in [3.8, 4) is 11.3 Å². The Balaban J connectivity index is 1.70. The minimum Gasteiger partial charge on any atom is -0.349 e. The SMILES string of the molecule is CC[C@@H](C(=O)Nc1ccc(-c2csc(N(CC)CC)n2)cc1)c1ccccc1. The van der Waals surface area contributed by atoms with Gasteiger partial charge in [0.1, 0.15) is 0 Å². The number of carbonyl (C=O) groups is 1. The van der Waals surface area contributed by atoms with Gasteiger partial charge in [0.15, 0.2) is 5.13 Å². The van der Waals surface area contributed by atoms with Crippen LogP contribution in [0.15, 0.2) is 60.0 Å². The van der Waals surface area contributed by atoms with Gasteiger partial charge in [-0.15, -0.1) is 11.3 Å². The van der Waals surface area contributed by atoms with E-state index in [1.165, 1.54) is 0 Å². The molecular formula is C23H27N3OS. The molecule has 0 spiro atoms. The van der Waals surface area contributed by atoms with Gasteiger partial charge in [0.2, 0.25) is 5.91 Å². The van der Waals surface area contributed by atoms with E-state index in [0.29, 0.717) is 0 Å². The first-order valence-corrected chi connectivity index (χ1v) is 10.7. The lowest BCUT2D eigenvalue weighted by Crippen LogP contribution is -2.21. The molecule has 0 saturated carbocycles. The average Bonchev–Trinajstić information content (AvgIpc) is 3.21. The summed E-state index contributed by atoms with van der Waals surface area (Å²) in [4.78, 5) is 19.7. The molecule has 1 aromatic heterocycles. The maximum atomic E-state index is 12.7. The predicted molar refractivity (Wildman–Crippen MR) is 119 cm³/mol. The van der Waals surface area contributed by atoms with Gasteiger partial charge in [0.25, 0.3) is 0 Å². The van der Waals surface area contributed by atoms with Gasteiger partial charge in [-0.1, -0.05) is 49.4 Å². The Morgan fingerprint density at radius 1 is 1.04 bits per heavy atom. The summed E-state index contributed by atoms with van der Waals surface area (Å²) in [5, 5.41) is 6.18. The monoisotopic (exact) mass is 393 g/mol. The van der Waals surface area contributed by atoms with E-state index < -0.39 is 0 Å². The molecule has 146 valence electrons. The number of amides is 1. The van der Waals surface area contributed by atoms with Crippen molar-refractivity contribution in [3.05, 3.63) is 65.5 Å². The molecule has 3 rings (SSSR count). The molecule has 0 saturated heterocycles. The van der Waals surface area contributed by atoms with E-state index in [2.05, 4.69) is 29.4 Å². The first-order chi connectivity index (χ1) is 13.7. The third-order valence-corrected chi connectivity index (χ3v) is 5.80. The molecule has 0 aliphatic heterocycles. The van der Waals surface area contributed by atoms with Crippen LogP contribution >= 0.6 is 11.3 Å². The highest BCUT2D eigenvalue weighted by Crippen LogP contribution is 2.28. The summed E-state index contributed by atoms with van der Waals surface area (Å²) in [5.74, 6) is -0.116. The summed E-state index contributed by atoms with van der Waals surface area (Å²) < 4.78 is 0. The van der Waals surface area contributed by atoms with E-state index in [9.17, 15) is 4.79 Å². The van der Waals surface area contributed by atoms with Gasteiger partial charge >= 0.3 is 0 Å². The molecule has 5 heteroatoms. The smallest absolute Gasteiger partial charge is 0.231 e. The predicted octanol–water partition coefficient (Wildman–Crippen LogP) is 5.79. The minimum absolute atomic E-state index is 0.0268. The van der Waals surface area contributed by atoms with E-state index in [1.807, 2.05) is 61.5 Å². The minimum atomic E-state index is -0.143. The zero-order chi connectivity index (χ0) is 19.9. The van der Waals surface area contributed by atoms with Crippen molar-refractivity contribution >= 4 is 28.1 Å². The number of thiazole rings is 1. The fraction of sp³-hybridized carbons (Fsp3) is 0.304. The van der Waals surface area contributed by atoms with Gasteiger partial charge in [-0.25, -0.2) is 4.98 Å². The third kappa shape index (κ3) is 4.60. The summed E-state index contributed by atoms with van der Waals surface area (Å²) in [6, 6.07) is 17.8. The number of rotatable bonds is 8. The van der Waals surface area contributed by atoms with Crippen molar-refractivity contribution in [2.75, 3.05) is 23.3 Å². The van der Waals surface area contributed by atoms with Crippen molar-refractivity contribution in [3.63, 3.8) is 0 Å². The molecule has 4 nitrogen and oxygen atoms in total. The lowest BCUT2D eigenvalue weighted by atomic mass is 9.95. The molecule has 0 bridgehead atoms. The van der Waals surface area contributed by atoms with Crippen molar-refractivity contribution < 1.29 is 4.79 Å². The second-order valence-electron chi connectivity index (χ2n) is 6.63. The van der Waals surface area contributed by atoms with Crippen LogP contribution in [0.4, 0.5) is 10.8 Å². The summed E-state index contributed by atoms with van der Waals surface area (Å²) in [5.41, 5.74) is 3.89. The summed E-state index contributed by atoms with van der Waals surface area (Å²) in [6.07, 6.45) is 0.765. The van der Waals surface area contributed by atoms with Crippen LogP contribution in [0.25, 0.3) is 11.3 Å². The van der Waals surface area contributed by atoms with E-state index in [0.717, 1.165) is 47.2 Å². The largest absolute Gasteiger partial charge is 0.349 e. The zero-order valence-electron chi connectivity index (χ0n) is 16.7. The quantitative estimate of drug-likeness (QED) is 0.527. The molecular weight excluding hydrogens is 366 g/mol. The number of hydrogen-bond donors (Lipinski definition) is 1. The Labute approximate surface area is 171 Å². The Bertz CT molecular complexity index is 886. The second kappa shape index (κ2) is 9.51. The fourth-order valence-corrected chi connectivity index (χ4v) is 4.21. The number of carbonyl (C=O) groups excluding carboxylic acids is 1. The molecule has 1 atom stereocenters. The number of hydrogen-bond acceptors (Lipinski definition) is 4. The van der Waals surface area contributed by atoms with E-state index >= 15 is 0 Å². The fourth-order valence-electron chi connectivity index (χ4n) is 3.25. The highest BCUT2D eigenvalue weighted by molar-refractivity contribution is 7.14. The Hall–Kier alpha value is -2.66. The Morgan fingerprint density at radius 2 is 1.71 bits per heavy atom. The molecule has 0 unspecified atom stereocenters. The highest BCUT2D eigenvalue weighted by atomic mass is 32.1. The first-order valence-electron chi connectivity index (χ1n) is 9.82. The molecule has 1 amide bonds. The van der Waals surface area contributed by atoms with Crippen LogP contribution in [0.1, 0.15) is 38.7 Å². The molecule has 0 fully saturated rings. The number of anilines is 2. The van der Waals surface area contributed by atoms with E-state index in [-0.39, 0.29) is 11.8 Å². The maximum Gasteiger partial charge on any atom is 0.231 e. The molecule has 28 heavy (non-hydrogen) atoms. The molecule has 1 heterocycles. The number of nitrogens with zero attached hydrogens (tertiary/aromatic N) is 2. The van der Waals surface area contributed by atoms with Crippen LogP contribution < -0.4 is 10.2 Å². The topological polar surface area (TPSA) is 45.2 Å².